The van der Waals surface area contributed by atoms with Crippen molar-refractivity contribution in [3.8, 4) is 0 Å². The normalized spacial score (nSPS) is 35.4. The molecule has 0 saturated carbocycles. The first-order valence-corrected chi connectivity index (χ1v) is 4.14. The van der Waals surface area contributed by atoms with Gasteiger partial charge in [-0.15, -0.1) is 0 Å². The number of hydrogen-bond donors (Lipinski definition) is 1. The van der Waals surface area contributed by atoms with Crippen molar-refractivity contribution in [1.29, 1.82) is 0 Å². The molecule has 1 heterocycles. The second-order valence-corrected chi connectivity index (χ2v) is 2.88. The van der Waals surface area contributed by atoms with Gasteiger partial charge in [-0.2, -0.15) is 0 Å². The third-order valence-electron chi connectivity index (χ3n) is 2.06. The third-order valence-corrected chi connectivity index (χ3v) is 2.06. The molecule has 0 aromatic heterocycles. The summed E-state index contributed by atoms with van der Waals surface area (Å²) in [5, 5.41) is 9.42. The van der Waals surface area contributed by atoms with Crippen LogP contribution in [0.25, 0.3) is 0 Å². The molecule has 0 aliphatic carbocycles. The van der Waals surface area contributed by atoms with E-state index in [9.17, 15) is 5.11 Å². The first-order chi connectivity index (χ1) is 4.84. The van der Waals surface area contributed by atoms with Crippen molar-refractivity contribution in [3.05, 3.63) is 0 Å². The Balaban J connectivity index is 2.35. The Morgan fingerprint density at radius 3 is 3.00 bits per heavy atom. The average Bonchev–Trinajstić information content (AvgIpc) is 2.13. The highest BCUT2D eigenvalue weighted by molar-refractivity contribution is 4.70. The Morgan fingerprint density at radius 2 is 2.30 bits per heavy atom. The first-order valence-electron chi connectivity index (χ1n) is 4.14. The van der Waals surface area contributed by atoms with Crippen LogP contribution in [-0.2, 0) is 4.74 Å². The van der Waals surface area contributed by atoms with Crippen molar-refractivity contribution in [1.82, 2.24) is 0 Å². The number of ether oxygens (including phenoxy) is 1. The topological polar surface area (TPSA) is 29.5 Å². The molecule has 0 amide bonds. The third kappa shape index (κ3) is 1.96. The predicted octanol–water partition coefficient (Wildman–Crippen LogP) is 1.33. The molecular weight excluding hydrogens is 128 g/mol. The Labute approximate surface area is 62.2 Å². The number of hydrogen-bond acceptors (Lipinski definition) is 2. The van der Waals surface area contributed by atoms with E-state index in [4.69, 9.17) is 4.74 Å². The van der Waals surface area contributed by atoms with E-state index < -0.39 is 0 Å². The van der Waals surface area contributed by atoms with Crippen LogP contribution in [0.1, 0.15) is 32.6 Å². The van der Waals surface area contributed by atoms with Crippen LogP contribution in [0.4, 0.5) is 0 Å². The summed E-state index contributed by atoms with van der Waals surface area (Å²) in [4.78, 5) is 0. The van der Waals surface area contributed by atoms with Gasteiger partial charge in [-0.05, 0) is 25.7 Å². The molecule has 0 aromatic carbocycles. The second-order valence-electron chi connectivity index (χ2n) is 2.88. The summed E-state index contributed by atoms with van der Waals surface area (Å²) < 4.78 is 5.41. The Morgan fingerprint density at radius 1 is 1.50 bits per heavy atom. The van der Waals surface area contributed by atoms with Crippen LogP contribution in [0.15, 0.2) is 0 Å². The SMILES string of the molecule is CC[C@@H]1OCCCC[C@H]1O. The molecule has 0 bridgehead atoms. The summed E-state index contributed by atoms with van der Waals surface area (Å²) in [7, 11) is 0. The summed E-state index contributed by atoms with van der Waals surface area (Å²) in [6, 6.07) is 0. The van der Waals surface area contributed by atoms with Gasteiger partial charge in [0, 0.05) is 6.61 Å². The summed E-state index contributed by atoms with van der Waals surface area (Å²) >= 11 is 0. The minimum atomic E-state index is -0.215. The first kappa shape index (κ1) is 8.02. The van der Waals surface area contributed by atoms with Crippen molar-refractivity contribution >= 4 is 0 Å². The van der Waals surface area contributed by atoms with Gasteiger partial charge in [0.05, 0.1) is 12.2 Å². The molecule has 2 heteroatoms. The maximum Gasteiger partial charge on any atom is 0.0831 e. The smallest absolute Gasteiger partial charge is 0.0831 e. The molecule has 0 aromatic rings. The van der Waals surface area contributed by atoms with Crippen LogP contribution in [0, 0.1) is 0 Å². The maximum atomic E-state index is 9.42. The highest BCUT2D eigenvalue weighted by Crippen LogP contribution is 2.15. The molecule has 0 spiro atoms. The Bertz CT molecular complexity index is 93.3. The van der Waals surface area contributed by atoms with Crippen LogP contribution >= 0.6 is 0 Å². The molecule has 10 heavy (non-hydrogen) atoms. The van der Waals surface area contributed by atoms with Crippen molar-refractivity contribution in [2.45, 2.75) is 44.8 Å². The molecule has 0 radical (unpaired) electrons. The van der Waals surface area contributed by atoms with Crippen molar-refractivity contribution in [3.63, 3.8) is 0 Å². The molecule has 1 fully saturated rings. The van der Waals surface area contributed by atoms with Gasteiger partial charge in [0.15, 0.2) is 0 Å². The fourth-order valence-electron chi connectivity index (χ4n) is 1.38. The van der Waals surface area contributed by atoms with E-state index in [1.165, 1.54) is 0 Å². The van der Waals surface area contributed by atoms with Crippen LogP contribution < -0.4 is 0 Å². The van der Waals surface area contributed by atoms with E-state index in [1.54, 1.807) is 0 Å². The van der Waals surface area contributed by atoms with Crippen molar-refractivity contribution < 1.29 is 9.84 Å². The lowest BCUT2D eigenvalue weighted by Crippen LogP contribution is -2.26. The van der Waals surface area contributed by atoms with E-state index in [2.05, 4.69) is 6.92 Å². The summed E-state index contributed by atoms with van der Waals surface area (Å²) in [6.07, 6.45) is 3.94. The summed E-state index contributed by atoms with van der Waals surface area (Å²) in [5.74, 6) is 0. The number of rotatable bonds is 1. The number of aliphatic hydroxyl groups excluding tert-OH is 1. The largest absolute Gasteiger partial charge is 0.390 e. The minimum Gasteiger partial charge on any atom is -0.390 e. The van der Waals surface area contributed by atoms with Gasteiger partial charge in [-0.3, -0.25) is 0 Å². The van der Waals surface area contributed by atoms with Gasteiger partial charge in [-0.1, -0.05) is 6.92 Å². The van der Waals surface area contributed by atoms with Crippen molar-refractivity contribution in [2.75, 3.05) is 6.61 Å². The monoisotopic (exact) mass is 144 g/mol. The Hall–Kier alpha value is -0.0800. The maximum absolute atomic E-state index is 9.42. The molecule has 2 atom stereocenters. The summed E-state index contributed by atoms with van der Waals surface area (Å²) in [5.41, 5.74) is 0. The minimum absolute atomic E-state index is 0.0995. The molecule has 0 unspecified atom stereocenters. The van der Waals surface area contributed by atoms with Crippen LogP contribution in [-0.4, -0.2) is 23.9 Å². The molecular formula is C8H16O2. The average molecular weight is 144 g/mol. The molecule has 1 rings (SSSR count). The van der Waals surface area contributed by atoms with Crippen molar-refractivity contribution in [2.24, 2.45) is 0 Å². The number of aliphatic hydroxyl groups is 1. The zero-order chi connectivity index (χ0) is 7.40. The lowest BCUT2D eigenvalue weighted by molar-refractivity contribution is -0.0266. The lowest BCUT2D eigenvalue weighted by Gasteiger charge is -2.17. The van der Waals surface area contributed by atoms with E-state index in [0.717, 1.165) is 32.3 Å². The van der Waals surface area contributed by atoms with Gasteiger partial charge in [0.25, 0.3) is 0 Å². The fraction of sp³-hybridized carbons (Fsp3) is 1.00. The van der Waals surface area contributed by atoms with E-state index in [-0.39, 0.29) is 12.2 Å². The van der Waals surface area contributed by atoms with Gasteiger partial charge >= 0.3 is 0 Å². The second kappa shape index (κ2) is 3.94. The van der Waals surface area contributed by atoms with Gasteiger partial charge in [0.1, 0.15) is 0 Å². The van der Waals surface area contributed by atoms with Crippen LogP contribution in [0.5, 0.6) is 0 Å². The Kier molecular flexibility index (Phi) is 3.16. The van der Waals surface area contributed by atoms with Gasteiger partial charge in [-0.25, -0.2) is 0 Å². The molecule has 1 N–H and O–H groups in total. The van der Waals surface area contributed by atoms with Gasteiger partial charge in [0.2, 0.25) is 0 Å². The summed E-state index contributed by atoms with van der Waals surface area (Å²) in [6.45, 7) is 2.88. The molecule has 1 aliphatic heterocycles. The van der Waals surface area contributed by atoms with E-state index in [1.807, 2.05) is 0 Å². The van der Waals surface area contributed by atoms with E-state index >= 15 is 0 Å². The lowest BCUT2D eigenvalue weighted by atomic mass is 10.1. The van der Waals surface area contributed by atoms with Crippen LogP contribution in [0.2, 0.25) is 0 Å². The standard InChI is InChI=1S/C8H16O2/c1-2-8-7(9)5-3-4-6-10-8/h7-9H,2-6H2,1H3/t7-,8+/m1/s1. The highest BCUT2D eigenvalue weighted by Gasteiger charge is 2.19. The predicted molar refractivity (Wildman–Crippen MR) is 39.9 cm³/mol. The van der Waals surface area contributed by atoms with E-state index in [0.29, 0.717) is 0 Å². The fourth-order valence-corrected chi connectivity index (χ4v) is 1.38. The molecule has 1 saturated heterocycles. The quantitative estimate of drug-likeness (QED) is 0.601. The highest BCUT2D eigenvalue weighted by atomic mass is 16.5. The zero-order valence-electron chi connectivity index (χ0n) is 6.55. The van der Waals surface area contributed by atoms with Gasteiger partial charge < -0.3 is 9.84 Å². The molecule has 2 nitrogen and oxygen atoms in total. The van der Waals surface area contributed by atoms with Crippen LogP contribution in [0.3, 0.4) is 0 Å². The zero-order valence-corrected chi connectivity index (χ0v) is 6.55. The molecule has 60 valence electrons. The molecule has 1 aliphatic rings.